The molecule has 2 aromatic heterocycles. The minimum absolute atomic E-state index is 0.0763. The fourth-order valence-corrected chi connectivity index (χ4v) is 3.15. The van der Waals surface area contributed by atoms with Gasteiger partial charge in [-0.3, -0.25) is 4.79 Å². The van der Waals surface area contributed by atoms with Crippen molar-refractivity contribution in [1.82, 2.24) is 19.7 Å². The number of likely N-dealkylation sites (tertiary alicyclic amines) is 1. The van der Waals surface area contributed by atoms with Crippen molar-refractivity contribution in [3.63, 3.8) is 0 Å². The summed E-state index contributed by atoms with van der Waals surface area (Å²) in [5.74, 6) is 1.53. The first-order valence-electron chi connectivity index (χ1n) is 8.39. The number of hydrogen-bond donors (Lipinski definition) is 0. The summed E-state index contributed by atoms with van der Waals surface area (Å²) in [6.07, 6.45) is 3.76. The van der Waals surface area contributed by atoms with Gasteiger partial charge in [0.25, 0.3) is 0 Å². The van der Waals surface area contributed by atoms with E-state index in [0.29, 0.717) is 12.5 Å². The van der Waals surface area contributed by atoms with Gasteiger partial charge in [0.05, 0.1) is 6.04 Å². The van der Waals surface area contributed by atoms with Crippen molar-refractivity contribution in [1.29, 1.82) is 0 Å². The predicted molar refractivity (Wildman–Crippen MR) is 87.6 cm³/mol. The van der Waals surface area contributed by atoms with Gasteiger partial charge in [-0.25, -0.2) is 0 Å². The van der Waals surface area contributed by atoms with Crippen molar-refractivity contribution in [3.05, 3.63) is 40.1 Å². The molecule has 1 saturated heterocycles. The lowest BCUT2D eigenvalue weighted by Crippen LogP contribution is -2.42. The summed E-state index contributed by atoms with van der Waals surface area (Å²) in [7, 11) is 0. The highest BCUT2D eigenvalue weighted by atomic mass is 16.6. The molecule has 2 aromatic rings. The molecule has 1 amide bonds. The van der Waals surface area contributed by atoms with Crippen LogP contribution >= 0.6 is 0 Å². The summed E-state index contributed by atoms with van der Waals surface area (Å²) in [5, 5.41) is 14.4. The Hall–Kier alpha value is -2.71. The number of nitro groups is 1. The van der Waals surface area contributed by atoms with Gasteiger partial charge in [-0.15, -0.1) is 0 Å². The third-order valence-electron chi connectivity index (χ3n) is 4.53. The number of aryl methyl sites for hydroxylation is 1. The highest BCUT2D eigenvalue weighted by molar-refractivity contribution is 5.76. The van der Waals surface area contributed by atoms with Crippen LogP contribution in [0, 0.1) is 16.0 Å². The molecule has 2 atom stereocenters. The third kappa shape index (κ3) is 3.70. The van der Waals surface area contributed by atoms with E-state index >= 15 is 0 Å². The van der Waals surface area contributed by atoms with E-state index in [1.54, 1.807) is 4.90 Å². The van der Waals surface area contributed by atoms with Crippen LogP contribution in [0.25, 0.3) is 0 Å². The summed E-state index contributed by atoms with van der Waals surface area (Å²) < 4.78 is 7.07. The molecule has 0 N–H and O–H groups in total. The Morgan fingerprint density at radius 3 is 2.92 bits per heavy atom. The zero-order valence-electron chi connectivity index (χ0n) is 14.3. The first-order valence-corrected chi connectivity index (χ1v) is 8.39. The van der Waals surface area contributed by atoms with Crippen LogP contribution in [0.2, 0.25) is 0 Å². The lowest BCUT2D eigenvalue weighted by atomic mass is 9.91. The molecule has 2 unspecified atom stereocenters. The van der Waals surface area contributed by atoms with Crippen LogP contribution in [0.15, 0.2) is 22.9 Å². The molecule has 25 heavy (non-hydrogen) atoms. The fourth-order valence-electron chi connectivity index (χ4n) is 3.15. The Bertz CT molecular complexity index is 768. The first-order chi connectivity index (χ1) is 12.0. The molecular formula is C16H21N5O4. The molecule has 9 nitrogen and oxygen atoms in total. The second-order valence-corrected chi connectivity index (χ2v) is 6.39. The van der Waals surface area contributed by atoms with Crippen LogP contribution < -0.4 is 0 Å². The van der Waals surface area contributed by atoms with Crippen LogP contribution in [0.1, 0.15) is 44.3 Å². The molecule has 1 aliphatic heterocycles. The van der Waals surface area contributed by atoms with E-state index in [1.807, 2.05) is 19.1 Å². The number of carbonyl (C=O) groups excluding carboxylic acids is 1. The summed E-state index contributed by atoms with van der Waals surface area (Å²) in [6.45, 7) is 4.74. The monoisotopic (exact) mass is 347 g/mol. The van der Waals surface area contributed by atoms with E-state index in [4.69, 9.17) is 4.42 Å². The molecule has 3 heterocycles. The molecule has 0 aromatic carbocycles. The standard InChI is InChI=1S/C16H21N5O4/c1-3-12-4-5-14(25-12)13-8-11(2)6-7-20(13)15(22)9-19-10-17-16(18-19)21(23)24/h4-5,10-11,13H,3,6-9H2,1-2H3. The van der Waals surface area contributed by atoms with Gasteiger partial charge in [0, 0.05) is 18.1 Å². The summed E-state index contributed by atoms with van der Waals surface area (Å²) >= 11 is 0. The van der Waals surface area contributed by atoms with Gasteiger partial charge in [0.1, 0.15) is 18.1 Å². The van der Waals surface area contributed by atoms with Crippen LogP contribution in [-0.4, -0.2) is 37.0 Å². The highest BCUT2D eigenvalue weighted by Gasteiger charge is 2.33. The van der Waals surface area contributed by atoms with E-state index in [9.17, 15) is 14.9 Å². The second-order valence-electron chi connectivity index (χ2n) is 6.39. The number of aromatic nitrogens is 3. The van der Waals surface area contributed by atoms with Gasteiger partial charge >= 0.3 is 5.95 Å². The number of nitrogens with zero attached hydrogens (tertiary/aromatic N) is 5. The molecule has 0 aliphatic carbocycles. The Morgan fingerprint density at radius 1 is 1.48 bits per heavy atom. The average molecular weight is 347 g/mol. The number of amides is 1. The third-order valence-corrected chi connectivity index (χ3v) is 4.53. The molecule has 134 valence electrons. The minimum Gasteiger partial charge on any atom is -0.464 e. The topological polar surface area (TPSA) is 107 Å². The summed E-state index contributed by atoms with van der Waals surface area (Å²) in [6, 6.07) is 3.76. The molecule has 9 heteroatoms. The predicted octanol–water partition coefficient (Wildman–Crippen LogP) is 2.34. The zero-order chi connectivity index (χ0) is 18.0. The van der Waals surface area contributed by atoms with Gasteiger partial charge in [-0.1, -0.05) is 18.8 Å². The number of rotatable bonds is 5. The lowest BCUT2D eigenvalue weighted by Gasteiger charge is -2.37. The minimum atomic E-state index is -0.679. The molecule has 1 aliphatic rings. The van der Waals surface area contributed by atoms with Crippen LogP contribution in [0.3, 0.4) is 0 Å². The maximum atomic E-state index is 12.7. The van der Waals surface area contributed by atoms with Crippen molar-refractivity contribution in [3.8, 4) is 0 Å². The van der Waals surface area contributed by atoms with E-state index in [-0.39, 0.29) is 18.5 Å². The average Bonchev–Trinajstić information content (AvgIpc) is 3.23. The van der Waals surface area contributed by atoms with E-state index in [0.717, 1.165) is 30.8 Å². The van der Waals surface area contributed by atoms with Crippen LogP contribution in [-0.2, 0) is 17.8 Å². The number of piperidine rings is 1. The fraction of sp³-hybridized carbons (Fsp3) is 0.562. The van der Waals surface area contributed by atoms with Gasteiger partial charge in [0.2, 0.25) is 12.2 Å². The van der Waals surface area contributed by atoms with Gasteiger partial charge in [-0.05, 0) is 35.8 Å². The van der Waals surface area contributed by atoms with Crippen molar-refractivity contribution in [2.24, 2.45) is 5.92 Å². The number of carbonyl (C=O) groups is 1. The largest absolute Gasteiger partial charge is 0.490 e. The SMILES string of the molecule is CCc1ccc(C2CC(C)CCN2C(=O)Cn2cnc([N+](=O)[O-])n2)o1. The Kier molecular flexibility index (Phi) is 4.82. The Labute approximate surface area is 144 Å². The molecule has 1 fully saturated rings. The molecule has 0 saturated carbocycles. The van der Waals surface area contributed by atoms with Gasteiger partial charge < -0.3 is 19.4 Å². The zero-order valence-corrected chi connectivity index (χ0v) is 14.3. The second kappa shape index (κ2) is 7.04. The van der Waals surface area contributed by atoms with Crippen molar-refractivity contribution in [2.75, 3.05) is 6.54 Å². The van der Waals surface area contributed by atoms with E-state index in [2.05, 4.69) is 17.0 Å². The Morgan fingerprint density at radius 2 is 2.28 bits per heavy atom. The smallest absolute Gasteiger partial charge is 0.464 e. The van der Waals surface area contributed by atoms with Gasteiger partial charge in [0.15, 0.2) is 0 Å². The number of hydrogen-bond acceptors (Lipinski definition) is 6. The molecule has 0 spiro atoms. The molecule has 0 radical (unpaired) electrons. The van der Waals surface area contributed by atoms with Crippen molar-refractivity contribution in [2.45, 2.75) is 45.7 Å². The first kappa shape index (κ1) is 17.1. The van der Waals surface area contributed by atoms with Crippen molar-refractivity contribution >= 4 is 11.9 Å². The normalized spacial score (nSPS) is 20.6. The van der Waals surface area contributed by atoms with Gasteiger partial charge in [-0.2, -0.15) is 4.68 Å². The molecule has 0 bridgehead atoms. The van der Waals surface area contributed by atoms with Crippen LogP contribution in [0.5, 0.6) is 0 Å². The molecule has 3 rings (SSSR count). The highest BCUT2D eigenvalue weighted by Crippen LogP contribution is 2.35. The maximum absolute atomic E-state index is 12.7. The number of furan rings is 1. The van der Waals surface area contributed by atoms with Crippen LogP contribution in [0.4, 0.5) is 5.95 Å². The van der Waals surface area contributed by atoms with E-state index in [1.165, 1.54) is 11.0 Å². The van der Waals surface area contributed by atoms with Crippen molar-refractivity contribution < 1.29 is 14.1 Å². The summed E-state index contributed by atoms with van der Waals surface area (Å²) in [5.41, 5.74) is 0. The maximum Gasteiger partial charge on any atom is 0.490 e. The quantitative estimate of drug-likeness (QED) is 0.607. The van der Waals surface area contributed by atoms with E-state index < -0.39 is 10.9 Å². The molecular weight excluding hydrogens is 326 g/mol. The lowest BCUT2D eigenvalue weighted by molar-refractivity contribution is -0.394. The Balaban J connectivity index is 1.76. The summed E-state index contributed by atoms with van der Waals surface area (Å²) in [4.78, 5) is 28.1.